The summed E-state index contributed by atoms with van der Waals surface area (Å²) < 4.78 is 1.91. The maximum Gasteiger partial charge on any atom is 0.193 e. The summed E-state index contributed by atoms with van der Waals surface area (Å²) in [4.78, 5) is 4.40. The van der Waals surface area contributed by atoms with Gasteiger partial charge < -0.3 is 11.1 Å². The summed E-state index contributed by atoms with van der Waals surface area (Å²) in [5.41, 5.74) is 11.7. The topological polar surface area (TPSA) is 68.2 Å². The molecule has 0 amide bonds. The molecule has 0 fully saturated rings. The lowest BCUT2D eigenvalue weighted by Crippen LogP contribution is -2.23. The molecule has 0 aliphatic carbocycles. The van der Waals surface area contributed by atoms with Crippen LogP contribution in [0, 0.1) is 13.8 Å². The summed E-state index contributed by atoms with van der Waals surface area (Å²) in [6.07, 6.45) is 1.89. The molecule has 3 N–H and O–H groups in total. The van der Waals surface area contributed by atoms with Crippen molar-refractivity contribution in [2.45, 2.75) is 33.6 Å². The molecule has 5 nitrogen and oxygen atoms in total. The van der Waals surface area contributed by atoms with Gasteiger partial charge >= 0.3 is 0 Å². The number of halogens is 1. The molecule has 23 heavy (non-hydrogen) atoms. The van der Waals surface area contributed by atoms with Crippen LogP contribution < -0.4 is 11.1 Å². The number of rotatable bonds is 5. The molecule has 6 heteroatoms. The van der Waals surface area contributed by atoms with E-state index in [1.54, 1.807) is 0 Å². The SMILES string of the molecule is CCc1ccc(NC(N)=NCCc2c(C)nn(C)c2C)cc1.I. The van der Waals surface area contributed by atoms with Crippen LogP contribution in [0.25, 0.3) is 0 Å². The van der Waals surface area contributed by atoms with Crippen molar-refractivity contribution in [1.29, 1.82) is 0 Å². The first-order valence-electron chi connectivity index (χ1n) is 7.66. The Kier molecular flexibility index (Phi) is 7.54. The zero-order valence-electron chi connectivity index (χ0n) is 14.3. The Morgan fingerprint density at radius 1 is 1.26 bits per heavy atom. The fourth-order valence-corrected chi connectivity index (χ4v) is 2.48. The van der Waals surface area contributed by atoms with Gasteiger partial charge in [0.05, 0.1) is 5.69 Å². The van der Waals surface area contributed by atoms with Crippen LogP contribution in [0.5, 0.6) is 0 Å². The average molecular weight is 427 g/mol. The molecule has 0 unspecified atom stereocenters. The Labute approximate surface area is 155 Å². The third-order valence-electron chi connectivity index (χ3n) is 3.94. The highest BCUT2D eigenvalue weighted by Gasteiger charge is 2.08. The van der Waals surface area contributed by atoms with E-state index < -0.39 is 0 Å². The second-order valence-electron chi connectivity index (χ2n) is 5.47. The Morgan fingerprint density at radius 3 is 2.43 bits per heavy atom. The first-order chi connectivity index (χ1) is 10.5. The molecule has 0 spiro atoms. The fraction of sp³-hybridized carbons (Fsp3) is 0.412. The first-order valence-corrected chi connectivity index (χ1v) is 7.66. The molecule has 1 aromatic carbocycles. The van der Waals surface area contributed by atoms with E-state index in [4.69, 9.17) is 5.73 Å². The molecule has 2 rings (SSSR count). The van der Waals surface area contributed by atoms with E-state index >= 15 is 0 Å². The molecule has 126 valence electrons. The summed E-state index contributed by atoms with van der Waals surface area (Å²) in [6, 6.07) is 8.24. The molecule has 0 aliphatic heterocycles. The van der Waals surface area contributed by atoms with Gasteiger partial charge in [0, 0.05) is 25.0 Å². The number of nitrogens with zero attached hydrogens (tertiary/aromatic N) is 3. The number of hydrogen-bond donors (Lipinski definition) is 2. The van der Waals surface area contributed by atoms with Gasteiger partial charge in [0.1, 0.15) is 0 Å². The van der Waals surface area contributed by atoms with Gasteiger partial charge in [0.2, 0.25) is 0 Å². The standard InChI is InChI=1S/C17H25N5.HI/c1-5-14-6-8-15(9-7-14)20-17(18)19-11-10-16-12(2)21-22(4)13(16)3;/h6-9H,5,10-11H2,1-4H3,(H3,18,19,20);1H. The van der Waals surface area contributed by atoms with Crippen LogP contribution >= 0.6 is 24.0 Å². The predicted molar refractivity (Wildman–Crippen MR) is 108 cm³/mol. The van der Waals surface area contributed by atoms with E-state index in [0.717, 1.165) is 24.2 Å². The van der Waals surface area contributed by atoms with Gasteiger partial charge in [-0.25, -0.2) is 0 Å². The van der Waals surface area contributed by atoms with Gasteiger partial charge in [-0.3, -0.25) is 9.67 Å². The number of guanidine groups is 1. The Hall–Kier alpha value is -1.57. The molecule has 0 saturated heterocycles. The van der Waals surface area contributed by atoms with Crippen molar-refractivity contribution in [3.8, 4) is 0 Å². The van der Waals surface area contributed by atoms with Gasteiger partial charge in [0.15, 0.2) is 5.96 Å². The molecule has 1 aromatic heterocycles. The quantitative estimate of drug-likeness (QED) is 0.438. The first kappa shape index (κ1) is 19.5. The molecular formula is C17H26IN5. The zero-order valence-corrected chi connectivity index (χ0v) is 16.6. The number of aliphatic imine (C=N–C) groups is 1. The number of anilines is 1. The van der Waals surface area contributed by atoms with E-state index in [2.05, 4.69) is 41.4 Å². The molecule has 1 heterocycles. The number of hydrogen-bond acceptors (Lipinski definition) is 2. The van der Waals surface area contributed by atoms with Gasteiger partial charge in [-0.1, -0.05) is 19.1 Å². The van der Waals surface area contributed by atoms with E-state index in [1.807, 2.05) is 30.8 Å². The highest BCUT2D eigenvalue weighted by Crippen LogP contribution is 2.13. The maximum atomic E-state index is 5.94. The van der Waals surface area contributed by atoms with Crippen molar-refractivity contribution in [3.63, 3.8) is 0 Å². The summed E-state index contributed by atoms with van der Waals surface area (Å²) in [5, 5.41) is 7.53. The van der Waals surface area contributed by atoms with Crippen molar-refractivity contribution in [1.82, 2.24) is 9.78 Å². The summed E-state index contributed by atoms with van der Waals surface area (Å²) >= 11 is 0. The van der Waals surface area contributed by atoms with Crippen LogP contribution in [-0.4, -0.2) is 22.3 Å². The lowest BCUT2D eigenvalue weighted by molar-refractivity contribution is 0.730. The molecular weight excluding hydrogens is 401 g/mol. The third-order valence-corrected chi connectivity index (χ3v) is 3.94. The molecule has 0 aliphatic rings. The number of nitrogens with two attached hydrogens (primary N) is 1. The van der Waals surface area contributed by atoms with E-state index in [-0.39, 0.29) is 24.0 Å². The van der Waals surface area contributed by atoms with Crippen molar-refractivity contribution >= 4 is 35.6 Å². The van der Waals surface area contributed by atoms with Crippen molar-refractivity contribution < 1.29 is 0 Å². The lowest BCUT2D eigenvalue weighted by Gasteiger charge is -2.06. The molecule has 0 atom stereocenters. The smallest absolute Gasteiger partial charge is 0.193 e. The summed E-state index contributed by atoms with van der Waals surface area (Å²) in [7, 11) is 1.96. The largest absolute Gasteiger partial charge is 0.370 e. The lowest BCUT2D eigenvalue weighted by atomic mass is 10.1. The molecule has 0 saturated carbocycles. The predicted octanol–water partition coefficient (Wildman–Crippen LogP) is 3.19. The minimum Gasteiger partial charge on any atom is -0.370 e. The van der Waals surface area contributed by atoms with Gasteiger partial charge in [-0.2, -0.15) is 5.10 Å². The Morgan fingerprint density at radius 2 is 1.91 bits per heavy atom. The van der Waals surface area contributed by atoms with Gasteiger partial charge in [0.25, 0.3) is 0 Å². The van der Waals surface area contributed by atoms with Crippen LogP contribution in [0.3, 0.4) is 0 Å². The van der Waals surface area contributed by atoms with Gasteiger partial charge in [-0.05, 0) is 49.9 Å². The summed E-state index contributed by atoms with van der Waals surface area (Å²) in [6.45, 7) is 6.90. The number of nitrogens with one attached hydrogen (secondary N) is 1. The average Bonchev–Trinajstić information content (AvgIpc) is 2.74. The molecule has 2 aromatic rings. The second kappa shape index (κ2) is 8.90. The van der Waals surface area contributed by atoms with E-state index in [9.17, 15) is 0 Å². The van der Waals surface area contributed by atoms with Crippen molar-refractivity contribution in [3.05, 3.63) is 46.8 Å². The summed E-state index contributed by atoms with van der Waals surface area (Å²) in [5.74, 6) is 0.448. The number of aromatic nitrogens is 2. The molecule has 0 bridgehead atoms. The highest BCUT2D eigenvalue weighted by atomic mass is 127. The van der Waals surface area contributed by atoms with Crippen molar-refractivity contribution in [2.75, 3.05) is 11.9 Å². The maximum absolute atomic E-state index is 5.94. The number of benzene rings is 1. The Balaban J connectivity index is 0.00000264. The van der Waals surface area contributed by atoms with Crippen LogP contribution in [0.1, 0.15) is 29.4 Å². The van der Waals surface area contributed by atoms with Crippen LogP contribution in [0.15, 0.2) is 29.3 Å². The van der Waals surface area contributed by atoms with Crippen LogP contribution in [0.2, 0.25) is 0 Å². The zero-order chi connectivity index (χ0) is 16.1. The minimum absolute atomic E-state index is 0. The minimum atomic E-state index is 0. The normalized spacial score (nSPS) is 11.2. The fourth-order valence-electron chi connectivity index (χ4n) is 2.48. The molecule has 0 radical (unpaired) electrons. The van der Waals surface area contributed by atoms with Crippen molar-refractivity contribution in [2.24, 2.45) is 17.8 Å². The third kappa shape index (κ3) is 5.23. The van der Waals surface area contributed by atoms with E-state index in [0.29, 0.717) is 12.5 Å². The van der Waals surface area contributed by atoms with Gasteiger partial charge in [-0.15, -0.1) is 24.0 Å². The second-order valence-corrected chi connectivity index (χ2v) is 5.47. The Bertz CT molecular complexity index is 658. The van der Waals surface area contributed by atoms with E-state index in [1.165, 1.54) is 16.8 Å². The highest BCUT2D eigenvalue weighted by molar-refractivity contribution is 14.0. The monoisotopic (exact) mass is 427 g/mol. The van der Waals surface area contributed by atoms with Crippen LogP contribution in [-0.2, 0) is 19.9 Å². The van der Waals surface area contributed by atoms with Crippen LogP contribution in [0.4, 0.5) is 5.69 Å². The number of aryl methyl sites for hydroxylation is 3.